The highest BCUT2D eigenvalue weighted by Gasteiger charge is 2.27. The highest BCUT2D eigenvalue weighted by atomic mass is 31.2. The van der Waals surface area contributed by atoms with Crippen molar-refractivity contribution < 1.29 is 27.7 Å². The van der Waals surface area contributed by atoms with E-state index in [4.69, 9.17) is 13.8 Å². The van der Waals surface area contributed by atoms with Crippen LogP contribution < -0.4 is 5.32 Å². The number of nitrogens with one attached hydrogen (secondary N) is 1. The average molecular weight is 426 g/mol. The number of ether oxygens (including phenoxy) is 1. The summed E-state index contributed by atoms with van der Waals surface area (Å²) in [6, 6.07) is 0. The topological polar surface area (TPSA) is 77.0 Å². The first kappa shape index (κ1) is 28.0. The molecule has 2 atom stereocenters. The summed E-state index contributed by atoms with van der Waals surface area (Å²) in [7, 11) is 1.91. The largest absolute Gasteiger partial charge is 0.472 e. The summed E-state index contributed by atoms with van der Waals surface area (Å²) in [4.78, 5) is 9.96. The second-order valence-corrected chi connectivity index (χ2v) is 9.81. The zero-order valence-corrected chi connectivity index (χ0v) is 19.8. The Labute approximate surface area is 173 Å². The Morgan fingerprint density at radius 1 is 0.964 bits per heavy atom. The summed E-state index contributed by atoms with van der Waals surface area (Å²) in [5.41, 5.74) is 0. The monoisotopic (exact) mass is 425 g/mol. The molecule has 0 aromatic heterocycles. The summed E-state index contributed by atoms with van der Waals surface area (Å²) >= 11 is 0. The van der Waals surface area contributed by atoms with Crippen molar-refractivity contribution in [3.8, 4) is 0 Å². The molecule has 0 radical (unpaired) electrons. The first-order valence-corrected chi connectivity index (χ1v) is 12.4. The average Bonchev–Trinajstić information content (AvgIpc) is 2.59. The molecule has 0 heterocycles. The predicted molar refractivity (Wildman–Crippen MR) is 116 cm³/mol. The molecule has 2 unspecified atom stereocenters. The number of phosphoric acid groups is 1. The van der Waals surface area contributed by atoms with Crippen molar-refractivity contribution in [3.05, 3.63) is 0 Å². The first-order chi connectivity index (χ1) is 13.2. The van der Waals surface area contributed by atoms with Gasteiger partial charge in [-0.15, -0.1) is 0 Å². The van der Waals surface area contributed by atoms with E-state index in [9.17, 15) is 9.46 Å². The number of likely N-dealkylation sites (N-methyl/N-ethyl adjacent to an activating group) is 2. The van der Waals surface area contributed by atoms with Crippen molar-refractivity contribution in [1.29, 1.82) is 0 Å². The zero-order chi connectivity index (χ0) is 21.3. The Morgan fingerprint density at radius 3 is 2.14 bits per heavy atom. The van der Waals surface area contributed by atoms with E-state index < -0.39 is 13.9 Å². The minimum Gasteiger partial charge on any atom is -0.379 e. The van der Waals surface area contributed by atoms with Gasteiger partial charge in [-0.1, -0.05) is 58.8 Å². The van der Waals surface area contributed by atoms with E-state index in [1.165, 1.54) is 38.5 Å². The van der Waals surface area contributed by atoms with Gasteiger partial charge in [0.2, 0.25) is 0 Å². The molecule has 0 saturated heterocycles. The molecule has 0 aliphatic carbocycles. The molecule has 0 aliphatic rings. The molecule has 0 amide bonds. The van der Waals surface area contributed by atoms with Gasteiger partial charge in [0.25, 0.3) is 0 Å². The van der Waals surface area contributed by atoms with Crippen molar-refractivity contribution in [1.82, 2.24) is 5.32 Å². The van der Waals surface area contributed by atoms with Crippen molar-refractivity contribution in [2.45, 2.75) is 71.3 Å². The van der Waals surface area contributed by atoms with Crippen LogP contribution in [0, 0.1) is 0 Å². The first-order valence-electron chi connectivity index (χ1n) is 10.9. The SMILES string of the molecule is CCCCCCCCCCOCC(CNCC)OP(=O)(O)OCC[N+](C)(C)C. The fraction of sp³-hybridized carbons (Fsp3) is 1.00. The van der Waals surface area contributed by atoms with Gasteiger partial charge in [-0.3, -0.25) is 9.05 Å². The summed E-state index contributed by atoms with van der Waals surface area (Å²) in [6.45, 7) is 7.16. The molecule has 0 rings (SSSR count). The number of rotatable bonds is 20. The number of phosphoric ester groups is 1. The minimum atomic E-state index is -4.08. The molecule has 0 bridgehead atoms. The lowest BCUT2D eigenvalue weighted by Gasteiger charge is -2.25. The van der Waals surface area contributed by atoms with Crippen LogP contribution in [0.1, 0.15) is 65.2 Å². The summed E-state index contributed by atoms with van der Waals surface area (Å²) in [6.07, 6.45) is 9.50. The smallest absolute Gasteiger partial charge is 0.379 e. The van der Waals surface area contributed by atoms with Crippen molar-refractivity contribution in [2.75, 3.05) is 60.6 Å². The fourth-order valence-corrected chi connectivity index (χ4v) is 3.52. The van der Waals surface area contributed by atoms with Gasteiger partial charge < -0.3 is 19.4 Å². The molecule has 8 heteroatoms. The normalized spacial score (nSPS) is 15.5. The lowest BCUT2D eigenvalue weighted by Crippen LogP contribution is -2.37. The maximum Gasteiger partial charge on any atom is 0.472 e. The molecule has 0 aromatic rings. The summed E-state index contributed by atoms with van der Waals surface area (Å²) < 4.78 is 29.0. The lowest BCUT2D eigenvalue weighted by molar-refractivity contribution is -0.870. The molecule has 0 spiro atoms. The van der Waals surface area contributed by atoms with Crippen LogP contribution in [-0.4, -0.2) is 76.1 Å². The number of quaternary nitrogens is 1. The van der Waals surface area contributed by atoms with Gasteiger partial charge in [0.1, 0.15) is 19.3 Å². The van der Waals surface area contributed by atoms with Gasteiger partial charge in [-0.05, 0) is 13.0 Å². The highest BCUT2D eigenvalue weighted by molar-refractivity contribution is 7.47. The minimum absolute atomic E-state index is 0.171. The van der Waals surface area contributed by atoms with Gasteiger partial charge in [0.05, 0.1) is 27.7 Å². The lowest BCUT2D eigenvalue weighted by atomic mass is 10.1. The van der Waals surface area contributed by atoms with Crippen LogP contribution in [0.5, 0.6) is 0 Å². The van der Waals surface area contributed by atoms with Crippen LogP contribution in [0.3, 0.4) is 0 Å². The molecule has 7 nitrogen and oxygen atoms in total. The predicted octanol–water partition coefficient (Wildman–Crippen LogP) is 3.96. The van der Waals surface area contributed by atoms with Crippen LogP contribution in [0.2, 0.25) is 0 Å². The van der Waals surface area contributed by atoms with Gasteiger partial charge in [0, 0.05) is 13.2 Å². The van der Waals surface area contributed by atoms with Crippen LogP contribution in [0.25, 0.3) is 0 Å². The summed E-state index contributed by atoms with van der Waals surface area (Å²) in [5.74, 6) is 0. The zero-order valence-electron chi connectivity index (χ0n) is 19.0. The number of unbranched alkanes of at least 4 members (excludes halogenated alkanes) is 7. The van der Waals surface area contributed by atoms with Crippen molar-refractivity contribution in [3.63, 3.8) is 0 Å². The molecular weight excluding hydrogens is 379 g/mol. The fourth-order valence-electron chi connectivity index (χ4n) is 2.63. The van der Waals surface area contributed by atoms with E-state index in [-0.39, 0.29) is 13.2 Å². The molecule has 0 aromatic carbocycles. The third-order valence-corrected chi connectivity index (χ3v) is 5.44. The number of hydrogen-bond donors (Lipinski definition) is 2. The van der Waals surface area contributed by atoms with Gasteiger partial charge in [0.15, 0.2) is 0 Å². The molecule has 0 saturated carbocycles. The number of hydrogen-bond acceptors (Lipinski definition) is 5. The molecule has 2 N–H and O–H groups in total. The molecule has 170 valence electrons. The Kier molecular flexibility index (Phi) is 16.7. The highest BCUT2D eigenvalue weighted by Crippen LogP contribution is 2.44. The van der Waals surface area contributed by atoms with Crippen LogP contribution >= 0.6 is 7.82 Å². The van der Waals surface area contributed by atoms with Crippen molar-refractivity contribution in [2.24, 2.45) is 0 Å². The van der Waals surface area contributed by atoms with Gasteiger partial charge in [-0.25, -0.2) is 4.57 Å². The van der Waals surface area contributed by atoms with E-state index in [0.717, 1.165) is 19.4 Å². The molecule has 0 aliphatic heterocycles. The van der Waals surface area contributed by atoms with Crippen LogP contribution in [0.15, 0.2) is 0 Å². The Morgan fingerprint density at radius 2 is 1.57 bits per heavy atom. The molecule has 28 heavy (non-hydrogen) atoms. The number of nitrogens with zero attached hydrogens (tertiary/aromatic N) is 1. The van der Waals surface area contributed by atoms with Gasteiger partial charge >= 0.3 is 7.82 Å². The van der Waals surface area contributed by atoms with Crippen molar-refractivity contribution >= 4 is 7.82 Å². The second kappa shape index (κ2) is 16.8. The van der Waals surface area contributed by atoms with E-state index in [1.54, 1.807) is 0 Å². The third kappa shape index (κ3) is 19.3. The van der Waals surface area contributed by atoms with E-state index in [2.05, 4.69) is 12.2 Å². The third-order valence-electron chi connectivity index (χ3n) is 4.37. The van der Waals surface area contributed by atoms with Crippen LogP contribution in [-0.2, 0) is 18.3 Å². The molecule has 0 fully saturated rings. The Bertz CT molecular complexity index is 405. The Balaban J connectivity index is 4.01. The summed E-state index contributed by atoms with van der Waals surface area (Å²) in [5, 5.41) is 3.14. The molecular formula is C20H46N2O5P+. The van der Waals surface area contributed by atoms with E-state index in [0.29, 0.717) is 24.2 Å². The quantitative estimate of drug-likeness (QED) is 0.175. The van der Waals surface area contributed by atoms with Crippen LogP contribution in [0.4, 0.5) is 0 Å². The van der Waals surface area contributed by atoms with Gasteiger partial charge in [-0.2, -0.15) is 0 Å². The maximum absolute atomic E-state index is 12.2. The second-order valence-electron chi connectivity index (χ2n) is 8.40. The standard InChI is InChI=1S/C20H45N2O5P/c1-6-8-9-10-11-12-13-14-16-25-19-20(18-21-7-2)27-28(23,24)26-17-15-22(3,4)5/h20-21H,6-19H2,1-5H3/p+1. The maximum atomic E-state index is 12.2. The Hall–Kier alpha value is -0.0100. The van der Waals surface area contributed by atoms with E-state index >= 15 is 0 Å². The van der Waals surface area contributed by atoms with E-state index in [1.807, 2.05) is 28.1 Å².